The Hall–Kier alpha value is -2.49. The molecule has 0 aliphatic carbocycles. The summed E-state index contributed by atoms with van der Waals surface area (Å²) >= 11 is 12.2. The highest BCUT2D eigenvalue weighted by atomic mass is 35.5. The van der Waals surface area contributed by atoms with Crippen LogP contribution in [-0.4, -0.2) is 16.2 Å². The molecule has 0 bridgehead atoms. The number of hydrogen-bond acceptors (Lipinski definition) is 2. The lowest BCUT2D eigenvalue weighted by Gasteiger charge is -2.11. The molecule has 4 aromatic rings. The molecular formula is C23H20Cl2N2O. The Labute approximate surface area is 174 Å². The lowest BCUT2D eigenvalue weighted by Crippen LogP contribution is -2.08. The highest BCUT2D eigenvalue weighted by Gasteiger charge is 2.11. The molecule has 0 unspecified atom stereocenters. The SMILES string of the molecule is Clc1ccc(Cc2nc3ccccc3n2CCCOc2ccccc2Cl)cc1. The van der Waals surface area contributed by atoms with Crippen LogP contribution in [0.3, 0.4) is 0 Å². The van der Waals surface area contributed by atoms with Crippen molar-refractivity contribution >= 4 is 34.2 Å². The molecule has 0 N–H and O–H groups in total. The van der Waals surface area contributed by atoms with Crippen molar-refractivity contribution < 1.29 is 4.74 Å². The quantitative estimate of drug-likeness (QED) is 0.329. The van der Waals surface area contributed by atoms with Crippen LogP contribution in [0.25, 0.3) is 11.0 Å². The van der Waals surface area contributed by atoms with Crippen molar-refractivity contribution in [3.05, 3.63) is 94.2 Å². The third-order valence-corrected chi connectivity index (χ3v) is 5.19. The Balaban J connectivity index is 1.50. The van der Waals surface area contributed by atoms with E-state index in [2.05, 4.69) is 16.7 Å². The third-order valence-electron chi connectivity index (χ3n) is 4.63. The van der Waals surface area contributed by atoms with Crippen LogP contribution in [0.5, 0.6) is 5.75 Å². The van der Waals surface area contributed by atoms with E-state index in [0.29, 0.717) is 11.6 Å². The minimum Gasteiger partial charge on any atom is -0.492 e. The molecular weight excluding hydrogens is 391 g/mol. The van der Waals surface area contributed by atoms with E-state index in [4.69, 9.17) is 32.9 Å². The Morgan fingerprint density at radius 3 is 2.43 bits per heavy atom. The van der Waals surface area contributed by atoms with E-state index in [1.54, 1.807) is 0 Å². The van der Waals surface area contributed by atoms with E-state index in [9.17, 15) is 0 Å². The molecule has 0 saturated heterocycles. The van der Waals surface area contributed by atoms with E-state index >= 15 is 0 Å². The van der Waals surface area contributed by atoms with Crippen molar-refractivity contribution in [3.8, 4) is 5.75 Å². The molecule has 0 fully saturated rings. The molecule has 3 nitrogen and oxygen atoms in total. The Morgan fingerprint density at radius 1 is 0.857 bits per heavy atom. The second-order valence-corrected chi connectivity index (χ2v) is 7.45. The normalized spacial score (nSPS) is 11.1. The van der Waals surface area contributed by atoms with E-state index < -0.39 is 0 Å². The summed E-state index contributed by atoms with van der Waals surface area (Å²) in [6.45, 7) is 1.42. The predicted octanol–water partition coefficient (Wildman–Crippen LogP) is 6.40. The maximum Gasteiger partial charge on any atom is 0.137 e. The third kappa shape index (κ3) is 4.32. The molecule has 0 radical (unpaired) electrons. The first-order chi connectivity index (χ1) is 13.7. The molecule has 1 aromatic heterocycles. The predicted molar refractivity (Wildman–Crippen MR) is 116 cm³/mol. The Bertz CT molecular complexity index is 1070. The minimum absolute atomic E-state index is 0.594. The van der Waals surface area contributed by atoms with Gasteiger partial charge in [0.25, 0.3) is 0 Å². The maximum atomic E-state index is 6.16. The van der Waals surface area contributed by atoms with Crippen LogP contribution in [0.15, 0.2) is 72.8 Å². The summed E-state index contributed by atoms with van der Waals surface area (Å²) in [5, 5.41) is 1.38. The van der Waals surface area contributed by atoms with Gasteiger partial charge in [0, 0.05) is 18.0 Å². The molecule has 0 aliphatic heterocycles. The zero-order chi connectivity index (χ0) is 19.3. The summed E-state index contributed by atoms with van der Waals surface area (Å²) in [4.78, 5) is 4.85. The van der Waals surface area contributed by atoms with Crippen molar-refractivity contribution in [1.29, 1.82) is 0 Å². The average molecular weight is 411 g/mol. The van der Waals surface area contributed by atoms with Gasteiger partial charge in [0.15, 0.2) is 0 Å². The van der Waals surface area contributed by atoms with E-state index in [-0.39, 0.29) is 0 Å². The smallest absolute Gasteiger partial charge is 0.137 e. The fraction of sp³-hybridized carbons (Fsp3) is 0.174. The fourth-order valence-electron chi connectivity index (χ4n) is 3.26. The van der Waals surface area contributed by atoms with E-state index in [0.717, 1.165) is 47.0 Å². The Kier molecular flexibility index (Phi) is 5.84. The highest BCUT2D eigenvalue weighted by molar-refractivity contribution is 6.32. The van der Waals surface area contributed by atoms with Crippen LogP contribution in [-0.2, 0) is 13.0 Å². The summed E-state index contributed by atoms with van der Waals surface area (Å²) in [5.74, 6) is 1.77. The molecule has 0 spiro atoms. The second-order valence-electron chi connectivity index (χ2n) is 6.60. The fourth-order valence-corrected chi connectivity index (χ4v) is 3.58. The van der Waals surface area contributed by atoms with Gasteiger partial charge in [0.2, 0.25) is 0 Å². The summed E-state index contributed by atoms with van der Waals surface area (Å²) in [6.07, 6.45) is 1.62. The van der Waals surface area contributed by atoms with Gasteiger partial charge in [-0.2, -0.15) is 0 Å². The lowest BCUT2D eigenvalue weighted by molar-refractivity contribution is 0.302. The second kappa shape index (κ2) is 8.68. The monoisotopic (exact) mass is 410 g/mol. The van der Waals surface area contributed by atoms with Gasteiger partial charge in [-0.05, 0) is 48.4 Å². The van der Waals surface area contributed by atoms with Crippen LogP contribution in [0.1, 0.15) is 17.8 Å². The first kappa shape index (κ1) is 18.9. The molecule has 28 heavy (non-hydrogen) atoms. The number of para-hydroxylation sites is 3. The van der Waals surface area contributed by atoms with E-state index in [1.807, 2.05) is 60.7 Å². The highest BCUT2D eigenvalue weighted by Crippen LogP contribution is 2.24. The van der Waals surface area contributed by atoms with Gasteiger partial charge < -0.3 is 9.30 Å². The molecule has 0 amide bonds. The first-order valence-corrected chi connectivity index (χ1v) is 10.0. The number of benzene rings is 3. The summed E-state index contributed by atoms with van der Waals surface area (Å²) < 4.78 is 8.12. The standard InChI is InChI=1S/C23H20Cl2N2O/c24-18-12-10-17(11-13-18)16-23-26-20-7-2-3-8-21(20)27(23)14-5-15-28-22-9-4-1-6-19(22)25/h1-4,6-13H,5,14-16H2. The van der Waals surface area contributed by atoms with Crippen LogP contribution < -0.4 is 4.74 Å². The van der Waals surface area contributed by atoms with Crippen molar-refractivity contribution in [2.45, 2.75) is 19.4 Å². The van der Waals surface area contributed by atoms with Crippen molar-refractivity contribution in [1.82, 2.24) is 9.55 Å². The zero-order valence-corrected chi connectivity index (χ0v) is 16.8. The van der Waals surface area contributed by atoms with Crippen LogP contribution in [0.4, 0.5) is 0 Å². The number of rotatable bonds is 7. The maximum absolute atomic E-state index is 6.16. The number of aryl methyl sites for hydroxylation is 1. The van der Waals surface area contributed by atoms with Gasteiger partial charge in [-0.3, -0.25) is 0 Å². The van der Waals surface area contributed by atoms with E-state index in [1.165, 1.54) is 5.56 Å². The molecule has 0 atom stereocenters. The lowest BCUT2D eigenvalue weighted by atomic mass is 10.1. The number of aromatic nitrogens is 2. The molecule has 0 aliphatic rings. The van der Waals surface area contributed by atoms with Gasteiger partial charge >= 0.3 is 0 Å². The number of halogens is 2. The number of imidazole rings is 1. The first-order valence-electron chi connectivity index (χ1n) is 9.26. The van der Waals surface area contributed by atoms with Crippen LogP contribution in [0.2, 0.25) is 10.0 Å². The summed E-state index contributed by atoms with van der Waals surface area (Å²) in [6, 6.07) is 23.7. The number of ether oxygens (including phenoxy) is 1. The minimum atomic E-state index is 0.594. The molecule has 5 heteroatoms. The van der Waals surface area contributed by atoms with Crippen LogP contribution >= 0.6 is 23.2 Å². The summed E-state index contributed by atoms with van der Waals surface area (Å²) in [7, 11) is 0. The van der Waals surface area contributed by atoms with Crippen molar-refractivity contribution in [2.75, 3.05) is 6.61 Å². The average Bonchev–Trinajstić information content (AvgIpc) is 3.05. The molecule has 1 heterocycles. The largest absolute Gasteiger partial charge is 0.492 e. The Morgan fingerprint density at radius 2 is 1.61 bits per heavy atom. The van der Waals surface area contributed by atoms with Gasteiger partial charge in [0.05, 0.1) is 22.7 Å². The van der Waals surface area contributed by atoms with Crippen molar-refractivity contribution in [2.24, 2.45) is 0 Å². The zero-order valence-electron chi connectivity index (χ0n) is 15.3. The number of fused-ring (bicyclic) bond motifs is 1. The molecule has 0 saturated carbocycles. The van der Waals surface area contributed by atoms with Gasteiger partial charge in [-0.1, -0.05) is 59.6 Å². The topological polar surface area (TPSA) is 27.1 Å². The van der Waals surface area contributed by atoms with Gasteiger partial charge in [0.1, 0.15) is 11.6 Å². The molecule has 4 rings (SSSR count). The molecule has 3 aromatic carbocycles. The summed E-state index contributed by atoms with van der Waals surface area (Å²) in [5.41, 5.74) is 3.34. The van der Waals surface area contributed by atoms with Gasteiger partial charge in [-0.25, -0.2) is 4.98 Å². The van der Waals surface area contributed by atoms with Crippen LogP contribution in [0, 0.1) is 0 Å². The number of hydrogen-bond donors (Lipinski definition) is 0. The molecule has 142 valence electrons. The van der Waals surface area contributed by atoms with Gasteiger partial charge in [-0.15, -0.1) is 0 Å². The number of nitrogens with zero attached hydrogens (tertiary/aromatic N) is 2. The van der Waals surface area contributed by atoms with Crippen molar-refractivity contribution in [3.63, 3.8) is 0 Å².